The Kier molecular flexibility index (Phi) is 22.9. The van der Waals surface area contributed by atoms with Gasteiger partial charge in [-0.3, -0.25) is 9.80 Å². The predicted octanol–water partition coefficient (Wildman–Crippen LogP) is 10.6. The molecule has 1 aromatic rings. The fraction of sp³-hybridized carbons (Fsp3) is 0.842. The number of hydrogen-bond acceptors (Lipinski definition) is 5. The minimum atomic E-state index is 0.0706. The lowest BCUT2D eigenvalue weighted by atomic mass is 10.1. The summed E-state index contributed by atoms with van der Waals surface area (Å²) in [5.74, 6) is 1.83. The van der Waals surface area contributed by atoms with E-state index in [0.29, 0.717) is 0 Å². The van der Waals surface area contributed by atoms with E-state index < -0.39 is 0 Å². The molecule has 2 rings (SSSR count). The summed E-state index contributed by atoms with van der Waals surface area (Å²) in [7, 11) is 0. The molecule has 0 spiro atoms. The summed E-state index contributed by atoms with van der Waals surface area (Å²) in [4.78, 5) is 5.06. The summed E-state index contributed by atoms with van der Waals surface area (Å²) in [5, 5.41) is 0. The minimum absolute atomic E-state index is 0.0706. The van der Waals surface area contributed by atoms with Crippen molar-refractivity contribution in [3.8, 4) is 11.5 Å². The van der Waals surface area contributed by atoms with Crippen LogP contribution in [0.15, 0.2) is 24.3 Å². The second-order valence-corrected chi connectivity index (χ2v) is 12.7. The minimum Gasteiger partial charge on any atom is -0.475 e. The fourth-order valence-electron chi connectivity index (χ4n) is 6.30. The van der Waals surface area contributed by atoms with Gasteiger partial charge in [-0.2, -0.15) is 0 Å². The van der Waals surface area contributed by atoms with Gasteiger partial charge in [0.2, 0.25) is 0 Å². The first-order valence-corrected chi connectivity index (χ1v) is 18.7. The number of rotatable bonds is 22. The molecule has 1 aromatic carbocycles. The van der Waals surface area contributed by atoms with Crippen LogP contribution in [0.1, 0.15) is 156 Å². The number of nitrogens with zero attached hydrogens (tertiary/aromatic N) is 2. The molecular weight excluding hydrogens is 532 g/mol. The second kappa shape index (κ2) is 26.0. The Hall–Kier alpha value is -1.30. The summed E-state index contributed by atoms with van der Waals surface area (Å²) in [6, 6.07) is 8.41. The van der Waals surface area contributed by atoms with Gasteiger partial charge in [0.05, 0.1) is 0 Å². The van der Waals surface area contributed by atoms with Crippen LogP contribution >= 0.6 is 0 Å². The molecule has 2 unspecified atom stereocenters. The highest BCUT2D eigenvalue weighted by molar-refractivity contribution is 5.33. The molecule has 5 nitrogen and oxygen atoms in total. The van der Waals surface area contributed by atoms with Crippen LogP contribution in [0.4, 0.5) is 0 Å². The first-order valence-electron chi connectivity index (χ1n) is 18.7. The summed E-state index contributed by atoms with van der Waals surface area (Å²) >= 11 is 0. The zero-order chi connectivity index (χ0) is 30.8. The Morgan fingerprint density at radius 3 is 1.35 bits per heavy atom. The van der Waals surface area contributed by atoms with Crippen LogP contribution in [0.2, 0.25) is 0 Å². The van der Waals surface area contributed by atoms with E-state index in [-0.39, 0.29) is 12.5 Å². The lowest BCUT2D eigenvalue weighted by Crippen LogP contribution is -2.41. The predicted molar refractivity (Wildman–Crippen MR) is 184 cm³/mol. The van der Waals surface area contributed by atoms with Crippen LogP contribution < -0.4 is 9.47 Å². The zero-order valence-electron chi connectivity index (χ0n) is 29.0. The van der Waals surface area contributed by atoms with Crippen molar-refractivity contribution in [2.75, 3.05) is 39.4 Å². The lowest BCUT2D eigenvalue weighted by Gasteiger charge is -2.33. The van der Waals surface area contributed by atoms with Gasteiger partial charge in [0.1, 0.15) is 11.5 Å². The average molecular weight is 603 g/mol. The monoisotopic (exact) mass is 603 g/mol. The van der Waals surface area contributed by atoms with E-state index in [1.165, 1.54) is 103 Å². The first kappa shape index (κ1) is 37.9. The zero-order valence-corrected chi connectivity index (χ0v) is 29.0. The van der Waals surface area contributed by atoms with E-state index in [4.69, 9.17) is 14.2 Å². The van der Waals surface area contributed by atoms with Crippen LogP contribution in [0.25, 0.3) is 0 Å². The van der Waals surface area contributed by atoms with E-state index in [1.807, 2.05) is 0 Å². The maximum absolute atomic E-state index is 6.70. The summed E-state index contributed by atoms with van der Waals surface area (Å²) in [5.41, 5.74) is 0. The van der Waals surface area contributed by atoms with Crippen LogP contribution in [-0.2, 0) is 4.74 Å². The third kappa shape index (κ3) is 17.7. The molecule has 0 saturated carbocycles. The first-order chi connectivity index (χ1) is 21.2. The van der Waals surface area contributed by atoms with Gasteiger partial charge in [-0.25, -0.2) is 0 Å². The maximum Gasteiger partial charge on any atom is 0.152 e. The molecule has 43 heavy (non-hydrogen) atoms. The largest absolute Gasteiger partial charge is 0.475 e. The molecule has 0 amide bonds. The van der Waals surface area contributed by atoms with Crippen molar-refractivity contribution in [3.63, 3.8) is 0 Å². The molecule has 0 radical (unpaired) electrons. The van der Waals surface area contributed by atoms with E-state index >= 15 is 0 Å². The van der Waals surface area contributed by atoms with Crippen molar-refractivity contribution in [2.24, 2.45) is 0 Å². The van der Waals surface area contributed by atoms with Gasteiger partial charge in [0.15, 0.2) is 12.5 Å². The van der Waals surface area contributed by atoms with Crippen LogP contribution in [-0.4, -0.2) is 61.6 Å². The van der Waals surface area contributed by atoms with E-state index in [9.17, 15) is 0 Å². The van der Waals surface area contributed by atoms with Gasteiger partial charge in [0.25, 0.3) is 0 Å². The van der Waals surface area contributed by atoms with Crippen LogP contribution in [0.3, 0.4) is 0 Å². The van der Waals surface area contributed by atoms with Gasteiger partial charge >= 0.3 is 0 Å². The number of unbranched alkanes of at least 4 members (excludes halogenated alkanes) is 14. The van der Waals surface area contributed by atoms with Crippen molar-refractivity contribution < 1.29 is 14.2 Å². The summed E-state index contributed by atoms with van der Waals surface area (Å²) in [6.45, 7) is 14.9. The van der Waals surface area contributed by atoms with Crippen LogP contribution in [0.5, 0.6) is 11.5 Å². The molecule has 2 bridgehead atoms. The Morgan fingerprint density at radius 1 is 0.558 bits per heavy atom. The van der Waals surface area contributed by atoms with Crippen molar-refractivity contribution in [1.82, 2.24) is 9.80 Å². The third-order valence-electron chi connectivity index (χ3n) is 9.05. The van der Waals surface area contributed by atoms with E-state index in [2.05, 4.69) is 61.8 Å². The SMILES string of the molecule is CCCCCCCCCCN(CC)C1CCCOCCCC(N(CC)CCCCCCCCCC)Oc2cccc(c2)O1. The van der Waals surface area contributed by atoms with Crippen molar-refractivity contribution in [3.05, 3.63) is 24.3 Å². The fourth-order valence-corrected chi connectivity index (χ4v) is 6.30. The van der Waals surface area contributed by atoms with Gasteiger partial charge in [-0.15, -0.1) is 0 Å². The normalized spacial score (nSPS) is 18.4. The van der Waals surface area contributed by atoms with Crippen molar-refractivity contribution in [2.45, 2.75) is 169 Å². The van der Waals surface area contributed by atoms with Gasteiger partial charge < -0.3 is 14.2 Å². The Bertz CT molecular complexity index is 703. The highest BCUT2D eigenvalue weighted by atomic mass is 16.5. The quantitative estimate of drug-likeness (QED) is 0.123. The van der Waals surface area contributed by atoms with Crippen LogP contribution in [0, 0.1) is 0 Å². The molecule has 0 N–H and O–H groups in total. The van der Waals surface area contributed by atoms with Crippen molar-refractivity contribution in [1.29, 1.82) is 0 Å². The molecule has 2 atom stereocenters. The lowest BCUT2D eigenvalue weighted by molar-refractivity contribution is 0.000335. The molecular formula is C38H70N2O3. The second-order valence-electron chi connectivity index (χ2n) is 12.7. The molecule has 250 valence electrons. The number of fused-ring (bicyclic) bond motifs is 2. The molecule has 5 heteroatoms. The molecule has 1 aliphatic heterocycles. The number of ether oxygens (including phenoxy) is 3. The third-order valence-corrected chi connectivity index (χ3v) is 9.05. The van der Waals surface area contributed by atoms with E-state index in [1.54, 1.807) is 0 Å². The summed E-state index contributed by atoms with van der Waals surface area (Å²) < 4.78 is 19.5. The van der Waals surface area contributed by atoms with Gasteiger partial charge in [-0.05, 0) is 50.9 Å². The number of benzene rings is 1. The molecule has 0 fully saturated rings. The Balaban J connectivity index is 1.94. The molecule has 0 aliphatic carbocycles. The van der Waals surface area contributed by atoms with Crippen molar-refractivity contribution >= 4 is 0 Å². The smallest absolute Gasteiger partial charge is 0.152 e. The molecule has 1 heterocycles. The molecule has 0 aromatic heterocycles. The van der Waals surface area contributed by atoms with E-state index in [0.717, 1.165) is 76.6 Å². The van der Waals surface area contributed by atoms with Gasteiger partial charge in [-0.1, -0.05) is 124 Å². The number of hydrogen-bond donors (Lipinski definition) is 0. The standard InChI is InChI=1S/C38H70N2O3/c1-5-9-11-13-15-17-19-21-30-39(7-3)37-28-24-32-41-33-25-29-38(43-36-27-23-26-35(34-36)42-37)40(8-4)31-22-20-18-16-14-12-10-6-2/h23,26-27,34,37-38H,5-22,24-25,28-33H2,1-4H3. The maximum atomic E-state index is 6.70. The topological polar surface area (TPSA) is 34.2 Å². The Morgan fingerprint density at radius 2 is 0.953 bits per heavy atom. The highest BCUT2D eigenvalue weighted by Crippen LogP contribution is 2.26. The molecule has 1 aliphatic rings. The Labute approximate surface area is 267 Å². The highest BCUT2D eigenvalue weighted by Gasteiger charge is 2.22. The summed E-state index contributed by atoms with van der Waals surface area (Å²) in [6.07, 6.45) is 25.8. The average Bonchev–Trinajstić information content (AvgIpc) is 3.02. The van der Waals surface area contributed by atoms with Gasteiger partial charge in [0, 0.05) is 45.2 Å². The molecule has 0 saturated heterocycles.